The third-order valence-corrected chi connectivity index (χ3v) is 15.4. The molecule has 7 nitrogen and oxygen atoms in total. The number of furan rings is 1. The van der Waals surface area contributed by atoms with Crippen LogP contribution in [0.15, 0.2) is 223 Å². The average molecular weight is 947 g/mol. The van der Waals surface area contributed by atoms with Gasteiger partial charge >= 0.3 is 0 Å². The van der Waals surface area contributed by atoms with Crippen LogP contribution < -0.4 is 0 Å². The number of benzene rings is 10. The molecule has 346 valence electrons. The number of aromatic nitrogens is 5. The average Bonchev–Trinajstić information content (AvgIpc) is 4.24. The summed E-state index contributed by atoms with van der Waals surface area (Å²) >= 11 is 0. The van der Waals surface area contributed by atoms with E-state index < -0.39 is 0 Å². The fourth-order valence-corrected chi connectivity index (χ4v) is 11.9. The number of fused-ring (bicyclic) bond motifs is 13. The second kappa shape index (κ2) is 15.8. The van der Waals surface area contributed by atoms with Gasteiger partial charge in [-0.25, -0.2) is 15.0 Å². The third kappa shape index (κ3) is 6.09. The Balaban J connectivity index is 0.927. The minimum absolute atomic E-state index is 0.151. The summed E-state index contributed by atoms with van der Waals surface area (Å²) in [7, 11) is 0. The lowest BCUT2D eigenvalue weighted by Crippen LogP contribution is -2.15. The van der Waals surface area contributed by atoms with Gasteiger partial charge in [-0.1, -0.05) is 172 Å². The van der Waals surface area contributed by atoms with Gasteiger partial charge in [0.05, 0.1) is 38.9 Å². The summed E-state index contributed by atoms with van der Waals surface area (Å²) in [6.45, 7) is 4.67. The molecule has 0 amide bonds. The Morgan fingerprint density at radius 2 is 1.05 bits per heavy atom. The molecule has 10 aromatic carbocycles. The molecule has 0 bridgehead atoms. The number of hydrogen-bond acceptors (Lipinski definition) is 5. The van der Waals surface area contributed by atoms with Crippen LogP contribution in [0.5, 0.6) is 0 Å². The molecule has 0 spiro atoms. The zero-order valence-corrected chi connectivity index (χ0v) is 40.4. The highest BCUT2D eigenvalue weighted by Crippen LogP contribution is 2.50. The first kappa shape index (κ1) is 41.8. The van der Waals surface area contributed by atoms with E-state index in [0.29, 0.717) is 34.2 Å². The van der Waals surface area contributed by atoms with Crippen molar-refractivity contribution in [3.8, 4) is 73.9 Å². The minimum atomic E-state index is -0.151. The zero-order valence-electron chi connectivity index (χ0n) is 40.4. The fourth-order valence-electron chi connectivity index (χ4n) is 11.9. The van der Waals surface area contributed by atoms with E-state index in [1.807, 2.05) is 60.7 Å². The molecule has 0 atom stereocenters. The van der Waals surface area contributed by atoms with Crippen molar-refractivity contribution in [1.82, 2.24) is 24.1 Å². The van der Waals surface area contributed by atoms with Gasteiger partial charge in [0.25, 0.3) is 0 Å². The van der Waals surface area contributed by atoms with Crippen molar-refractivity contribution in [3.05, 3.63) is 235 Å². The lowest BCUT2D eigenvalue weighted by Gasteiger charge is -2.22. The summed E-state index contributed by atoms with van der Waals surface area (Å²) in [5.74, 6) is 1.43. The largest absolute Gasteiger partial charge is 0.455 e. The molecular formula is C67H42N6O. The van der Waals surface area contributed by atoms with Crippen LogP contribution in [-0.2, 0) is 5.41 Å². The standard InChI is InChI=1S/C67H42N6O/c1-67(2)54-23-10-6-17-46(54)47-33-32-45(38-55(47)67)72-58-25-12-8-20-52(58)61-59(72)36-34-50-48-18-7-11-24-57(48)73(62(50)61)56-35-31-43(37-44(56)39-68)65-69-64(42-29-27-41(28-30-42)40-15-4-3-5-16-40)70-66(71-65)53-22-14-21-51-49-19-9-13-26-60(49)74-63(51)53/h3-38H,1-2H3. The van der Waals surface area contributed by atoms with E-state index >= 15 is 0 Å². The van der Waals surface area contributed by atoms with E-state index in [-0.39, 0.29) is 5.41 Å². The molecule has 0 fully saturated rings. The molecule has 7 heteroatoms. The predicted molar refractivity (Wildman–Crippen MR) is 300 cm³/mol. The van der Waals surface area contributed by atoms with Crippen molar-refractivity contribution in [1.29, 1.82) is 5.26 Å². The first-order valence-corrected chi connectivity index (χ1v) is 25.0. The van der Waals surface area contributed by atoms with Crippen LogP contribution >= 0.6 is 0 Å². The summed E-state index contributed by atoms with van der Waals surface area (Å²) < 4.78 is 11.2. The van der Waals surface area contributed by atoms with Gasteiger partial charge in [0.1, 0.15) is 17.2 Å². The molecule has 4 heterocycles. The van der Waals surface area contributed by atoms with Crippen LogP contribution in [0.25, 0.3) is 133 Å². The Bertz CT molecular complexity index is 4700. The molecule has 1 aliphatic rings. The van der Waals surface area contributed by atoms with Crippen LogP contribution in [-0.4, -0.2) is 24.1 Å². The van der Waals surface area contributed by atoms with Gasteiger partial charge in [-0.3, -0.25) is 0 Å². The number of rotatable bonds is 6. The topological polar surface area (TPSA) is 85.5 Å². The smallest absolute Gasteiger partial charge is 0.167 e. The Kier molecular flexibility index (Phi) is 8.93. The Hall–Kier alpha value is -9.90. The number of nitriles is 1. The van der Waals surface area contributed by atoms with Crippen molar-refractivity contribution in [2.24, 2.45) is 0 Å². The SMILES string of the molecule is CC1(C)c2ccccc2-c2ccc(-n3c4ccccc4c4c3ccc3c5ccccc5n(-c5ccc(-c6nc(-c7ccc(-c8ccccc8)cc7)nc(-c7cccc8c7oc7ccccc78)n6)cc5C#N)c34)cc21. The van der Waals surface area contributed by atoms with Crippen LogP contribution in [0, 0.1) is 11.3 Å². The van der Waals surface area contributed by atoms with Crippen molar-refractivity contribution >= 4 is 65.6 Å². The van der Waals surface area contributed by atoms with Gasteiger partial charge < -0.3 is 13.6 Å². The lowest BCUT2D eigenvalue weighted by atomic mass is 9.82. The Morgan fingerprint density at radius 3 is 1.88 bits per heavy atom. The second-order valence-corrected chi connectivity index (χ2v) is 19.8. The summed E-state index contributed by atoms with van der Waals surface area (Å²) in [6, 6.07) is 78.9. The van der Waals surface area contributed by atoms with Crippen molar-refractivity contribution < 1.29 is 4.42 Å². The summed E-state index contributed by atoms with van der Waals surface area (Å²) in [5, 5.41) is 17.8. The Morgan fingerprint density at radius 1 is 0.432 bits per heavy atom. The Labute approximate surface area is 425 Å². The third-order valence-electron chi connectivity index (χ3n) is 15.4. The normalized spacial score (nSPS) is 12.8. The molecule has 15 rings (SSSR count). The number of para-hydroxylation sites is 4. The van der Waals surface area contributed by atoms with Gasteiger partial charge in [0, 0.05) is 54.5 Å². The van der Waals surface area contributed by atoms with Gasteiger partial charge in [-0.05, 0) is 94.0 Å². The van der Waals surface area contributed by atoms with Crippen molar-refractivity contribution in [3.63, 3.8) is 0 Å². The fraction of sp³-hybridized carbons (Fsp3) is 0.0448. The highest BCUT2D eigenvalue weighted by Gasteiger charge is 2.35. The monoisotopic (exact) mass is 946 g/mol. The molecule has 0 saturated heterocycles. The maximum atomic E-state index is 11.3. The molecule has 1 aliphatic carbocycles. The van der Waals surface area contributed by atoms with Crippen LogP contribution in [0.4, 0.5) is 0 Å². The maximum absolute atomic E-state index is 11.3. The van der Waals surface area contributed by atoms with E-state index in [9.17, 15) is 5.26 Å². The summed E-state index contributed by atoms with van der Waals surface area (Å²) in [6.07, 6.45) is 0. The molecule has 0 unspecified atom stereocenters. The maximum Gasteiger partial charge on any atom is 0.167 e. The lowest BCUT2D eigenvalue weighted by molar-refractivity contribution is 0.660. The minimum Gasteiger partial charge on any atom is -0.455 e. The van der Waals surface area contributed by atoms with Crippen molar-refractivity contribution in [2.75, 3.05) is 0 Å². The molecule has 0 N–H and O–H groups in total. The van der Waals surface area contributed by atoms with Crippen LogP contribution in [0.2, 0.25) is 0 Å². The van der Waals surface area contributed by atoms with Gasteiger partial charge in [0.2, 0.25) is 0 Å². The van der Waals surface area contributed by atoms with Gasteiger partial charge in [-0.15, -0.1) is 0 Å². The highest BCUT2D eigenvalue weighted by atomic mass is 16.3. The van der Waals surface area contributed by atoms with E-state index in [4.69, 9.17) is 19.4 Å². The molecular weight excluding hydrogens is 905 g/mol. The van der Waals surface area contributed by atoms with Gasteiger partial charge in [0.15, 0.2) is 17.5 Å². The van der Waals surface area contributed by atoms with E-state index in [1.165, 1.54) is 22.3 Å². The molecule has 14 aromatic rings. The molecule has 0 radical (unpaired) electrons. The zero-order chi connectivity index (χ0) is 49.2. The van der Waals surface area contributed by atoms with Gasteiger partial charge in [-0.2, -0.15) is 5.26 Å². The van der Waals surface area contributed by atoms with E-state index in [1.54, 1.807) is 0 Å². The first-order valence-electron chi connectivity index (χ1n) is 25.0. The van der Waals surface area contributed by atoms with Crippen LogP contribution in [0.1, 0.15) is 30.5 Å². The first-order chi connectivity index (χ1) is 36.4. The molecule has 4 aromatic heterocycles. The van der Waals surface area contributed by atoms with E-state index in [0.717, 1.165) is 93.6 Å². The molecule has 0 saturated carbocycles. The van der Waals surface area contributed by atoms with E-state index in [2.05, 4.69) is 187 Å². The highest BCUT2D eigenvalue weighted by molar-refractivity contribution is 6.26. The summed E-state index contributed by atoms with van der Waals surface area (Å²) in [4.78, 5) is 15.5. The number of hydrogen-bond donors (Lipinski definition) is 0. The molecule has 74 heavy (non-hydrogen) atoms. The van der Waals surface area contributed by atoms with Crippen molar-refractivity contribution in [2.45, 2.75) is 19.3 Å². The predicted octanol–water partition coefficient (Wildman–Crippen LogP) is 16.8. The number of nitrogens with zero attached hydrogens (tertiary/aromatic N) is 6. The molecule has 0 aliphatic heterocycles. The quantitative estimate of drug-likeness (QED) is 0.166. The summed E-state index contributed by atoms with van der Waals surface area (Å²) in [5.41, 5.74) is 17.7. The van der Waals surface area contributed by atoms with Crippen LogP contribution in [0.3, 0.4) is 0 Å². The second-order valence-electron chi connectivity index (χ2n) is 19.8.